The second kappa shape index (κ2) is 5.37. The van der Waals surface area contributed by atoms with Gasteiger partial charge < -0.3 is 5.11 Å². The summed E-state index contributed by atoms with van der Waals surface area (Å²) in [6, 6.07) is 11.3. The van der Waals surface area contributed by atoms with Crippen LogP contribution in [0.2, 0.25) is 0 Å². The Morgan fingerprint density at radius 2 is 1.91 bits per heavy atom. The molecule has 0 saturated heterocycles. The highest BCUT2D eigenvalue weighted by atomic mass is 16.6. The molecule has 9 nitrogen and oxygen atoms in total. The van der Waals surface area contributed by atoms with E-state index < -0.39 is 23.1 Å². The molecule has 1 aliphatic heterocycles. The maximum atomic E-state index is 12.6. The van der Waals surface area contributed by atoms with E-state index in [4.69, 9.17) is 0 Å². The van der Waals surface area contributed by atoms with Crippen LogP contribution < -0.4 is 9.80 Å². The summed E-state index contributed by atoms with van der Waals surface area (Å²) in [6.07, 6.45) is -2.40. The van der Waals surface area contributed by atoms with Crippen molar-refractivity contribution in [2.75, 3.05) is 9.80 Å². The van der Waals surface area contributed by atoms with Crippen molar-refractivity contribution in [3.63, 3.8) is 0 Å². The van der Waals surface area contributed by atoms with Crippen LogP contribution >= 0.6 is 0 Å². The van der Waals surface area contributed by atoms with E-state index >= 15 is 0 Å². The van der Waals surface area contributed by atoms with Gasteiger partial charge in [-0.2, -0.15) is 4.90 Å². The van der Waals surface area contributed by atoms with Gasteiger partial charge in [-0.1, -0.05) is 18.2 Å². The SMILES string of the molecule is O=C1C([N+](=O)[O-])N(C(=O)O)c2ncccc2N1c1ccccc1. The van der Waals surface area contributed by atoms with E-state index in [1.807, 2.05) is 0 Å². The van der Waals surface area contributed by atoms with Gasteiger partial charge in [0.15, 0.2) is 5.82 Å². The van der Waals surface area contributed by atoms with Crippen LogP contribution in [0, 0.1) is 10.1 Å². The van der Waals surface area contributed by atoms with Crippen molar-refractivity contribution in [1.29, 1.82) is 0 Å². The van der Waals surface area contributed by atoms with Gasteiger partial charge in [-0.3, -0.25) is 19.8 Å². The largest absolute Gasteiger partial charge is 0.464 e. The minimum Gasteiger partial charge on any atom is -0.464 e. The molecule has 23 heavy (non-hydrogen) atoms. The third-order valence-electron chi connectivity index (χ3n) is 3.34. The van der Waals surface area contributed by atoms with Gasteiger partial charge in [0.2, 0.25) is 0 Å². The van der Waals surface area contributed by atoms with Crippen LogP contribution in [0.5, 0.6) is 0 Å². The van der Waals surface area contributed by atoms with E-state index in [2.05, 4.69) is 4.98 Å². The van der Waals surface area contributed by atoms with Gasteiger partial charge in [0.05, 0.1) is 10.6 Å². The number of amides is 2. The van der Waals surface area contributed by atoms with Crippen molar-refractivity contribution in [1.82, 2.24) is 4.98 Å². The summed E-state index contributed by atoms with van der Waals surface area (Å²) in [5.41, 5.74) is 0.563. The number of nitrogens with zero attached hydrogens (tertiary/aromatic N) is 4. The summed E-state index contributed by atoms with van der Waals surface area (Å²) in [5.74, 6) is -1.13. The number of rotatable bonds is 2. The van der Waals surface area contributed by atoms with E-state index in [9.17, 15) is 24.8 Å². The Kier molecular flexibility index (Phi) is 3.37. The number of aromatic nitrogens is 1. The number of anilines is 3. The second-order valence-corrected chi connectivity index (χ2v) is 4.67. The molecule has 0 saturated carbocycles. The van der Waals surface area contributed by atoms with Crippen LogP contribution in [0.4, 0.5) is 22.0 Å². The van der Waals surface area contributed by atoms with Crippen LogP contribution in [0.25, 0.3) is 0 Å². The van der Waals surface area contributed by atoms with Crippen molar-refractivity contribution in [2.24, 2.45) is 0 Å². The van der Waals surface area contributed by atoms with Gasteiger partial charge in [-0.25, -0.2) is 9.78 Å². The van der Waals surface area contributed by atoms with E-state index in [0.29, 0.717) is 10.6 Å². The monoisotopic (exact) mass is 314 g/mol. The van der Waals surface area contributed by atoms with Crippen molar-refractivity contribution < 1.29 is 19.6 Å². The number of carboxylic acid groups (broad SMARTS) is 1. The van der Waals surface area contributed by atoms with Crippen molar-refractivity contribution in [2.45, 2.75) is 6.17 Å². The Morgan fingerprint density at radius 3 is 2.52 bits per heavy atom. The topological polar surface area (TPSA) is 117 Å². The lowest BCUT2D eigenvalue weighted by molar-refractivity contribution is -0.505. The van der Waals surface area contributed by atoms with Gasteiger partial charge in [0.1, 0.15) is 0 Å². The smallest absolute Gasteiger partial charge is 0.418 e. The van der Waals surface area contributed by atoms with E-state index in [0.717, 1.165) is 4.90 Å². The van der Waals surface area contributed by atoms with Crippen LogP contribution in [0.1, 0.15) is 0 Å². The molecular weight excluding hydrogens is 304 g/mol. The molecule has 3 rings (SSSR count). The first-order chi connectivity index (χ1) is 11.0. The minimum absolute atomic E-state index is 0.162. The fraction of sp³-hybridized carbons (Fsp3) is 0.0714. The predicted octanol–water partition coefficient (Wildman–Crippen LogP) is 1.85. The molecule has 2 aromatic rings. The molecule has 1 N–H and O–H groups in total. The number of carbonyl (C=O) groups excluding carboxylic acids is 1. The molecule has 2 amide bonds. The second-order valence-electron chi connectivity index (χ2n) is 4.67. The fourth-order valence-electron chi connectivity index (χ4n) is 2.43. The molecule has 0 aliphatic carbocycles. The highest BCUT2D eigenvalue weighted by Gasteiger charge is 2.50. The van der Waals surface area contributed by atoms with Gasteiger partial charge in [-0.05, 0) is 24.3 Å². The van der Waals surface area contributed by atoms with Gasteiger partial charge >= 0.3 is 18.2 Å². The number of hydrogen-bond acceptors (Lipinski definition) is 5. The van der Waals surface area contributed by atoms with Crippen molar-refractivity contribution in [3.05, 3.63) is 58.8 Å². The Bertz CT molecular complexity index is 795. The predicted molar refractivity (Wildman–Crippen MR) is 79.1 cm³/mol. The van der Waals surface area contributed by atoms with E-state index in [1.54, 1.807) is 30.3 Å². The number of pyridine rings is 1. The third-order valence-corrected chi connectivity index (χ3v) is 3.34. The van der Waals surface area contributed by atoms with Crippen molar-refractivity contribution in [3.8, 4) is 0 Å². The molecule has 2 heterocycles. The van der Waals surface area contributed by atoms with Gasteiger partial charge in [-0.15, -0.1) is 0 Å². The molecule has 1 aliphatic rings. The van der Waals surface area contributed by atoms with E-state index in [-0.39, 0.29) is 11.5 Å². The van der Waals surface area contributed by atoms with E-state index in [1.165, 1.54) is 18.3 Å². The lowest BCUT2D eigenvalue weighted by atomic mass is 10.1. The molecule has 0 fully saturated rings. The lowest BCUT2D eigenvalue weighted by Crippen LogP contribution is -2.57. The molecule has 0 radical (unpaired) electrons. The van der Waals surface area contributed by atoms with Crippen molar-refractivity contribution >= 4 is 29.2 Å². The standard InChI is InChI=1S/C14H10N4O5/c19-13-12(18(22)23)17(14(20)21)11-10(7-4-8-15-11)16(13)9-5-2-1-3-6-9/h1-8,12H,(H,20,21). The number of para-hydroxylation sites is 1. The average Bonchev–Trinajstić information content (AvgIpc) is 2.54. The molecule has 1 aromatic heterocycles. The number of carbonyl (C=O) groups is 2. The Labute approximate surface area is 129 Å². The zero-order chi connectivity index (χ0) is 16.6. The third kappa shape index (κ3) is 2.24. The summed E-state index contributed by atoms with van der Waals surface area (Å²) in [5, 5.41) is 20.6. The number of fused-ring (bicyclic) bond motifs is 1. The first kappa shape index (κ1) is 14.4. The fourth-order valence-corrected chi connectivity index (χ4v) is 2.43. The molecule has 1 unspecified atom stereocenters. The summed E-state index contributed by atoms with van der Waals surface area (Å²) in [7, 11) is 0. The molecule has 116 valence electrons. The first-order valence-electron chi connectivity index (χ1n) is 6.52. The van der Waals surface area contributed by atoms with Gasteiger partial charge in [0.25, 0.3) is 0 Å². The zero-order valence-corrected chi connectivity index (χ0v) is 11.6. The number of nitro groups is 1. The van der Waals surface area contributed by atoms with Crippen LogP contribution in [-0.2, 0) is 4.79 Å². The normalized spacial score (nSPS) is 16.9. The number of hydrogen-bond donors (Lipinski definition) is 1. The summed E-state index contributed by atoms with van der Waals surface area (Å²) in [4.78, 5) is 39.8. The maximum Gasteiger partial charge on any atom is 0.418 e. The maximum absolute atomic E-state index is 12.6. The molecule has 9 heteroatoms. The number of benzene rings is 1. The Balaban J connectivity index is 2.26. The van der Waals surface area contributed by atoms with Crippen LogP contribution in [0.3, 0.4) is 0 Å². The highest BCUT2D eigenvalue weighted by molar-refractivity contribution is 6.13. The lowest BCUT2D eigenvalue weighted by Gasteiger charge is -2.34. The Morgan fingerprint density at radius 1 is 1.22 bits per heavy atom. The summed E-state index contributed by atoms with van der Waals surface area (Å²) < 4.78 is 0. The zero-order valence-electron chi connectivity index (χ0n) is 11.6. The van der Waals surface area contributed by atoms with Crippen LogP contribution in [0.15, 0.2) is 48.7 Å². The highest BCUT2D eigenvalue weighted by Crippen LogP contribution is 2.38. The summed E-state index contributed by atoms with van der Waals surface area (Å²) in [6.45, 7) is 0. The first-order valence-corrected chi connectivity index (χ1v) is 6.52. The minimum atomic E-state index is -2.09. The molecular formula is C14H10N4O5. The summed E-state index contributed by atoms with van der Waals surface area (Å²) >= 11 is 0. The molecule has 0 spiro atoms. The molecule has 1 aromatic carbocycles. The van der Waals surface area contributed by atoms with Gasteiger partial charge in [0, 0.05) is 11.9 Å². The average molecular weight is 314 g/mol. The Hall–Kier alpha value is -3.49. The molecule has 0 bridgehead atoms. The quantitative estimate of drug-likeness (QED) is 0.667. The molecule has 1 atom stereocenters. The van der Waals surface area contributed by atoms with Crippen LogP contribution in [-0.4, -0.2) is 33.2 Å².